The Morgan fingerprint density at radius 2 is 1.69 bits per heavy atom. The second-order valence-corrected chi connectivity index (χ2v) is 4.60. The highest BCUT2D eigenvalue weighted by Gasteiger charge is 1.98. The maximum absolute atomic E-state index is 5.19. The molecule has 0 unspecified atom stereocenters. The fourth-order valence-electron chi connectivity index (χ4n) is 1.78. The fourth-order valence-corrected chi connectivity index (χ4v) is 1.92. The zero-order valence-corrected chi connectivity index (χ0v) is 10.9. The van der Waals surface area contributed by atoms with Gasteiger partial charge in [-0.3, -0.25) is 0 Å². The van der Waals surface area contributed by atoms with Crippen molar-refractivity contribution in [3.63, 3.8) is 0 Å². The van der Waals surface area contributed by atoms with Gasteiger partial charge in [0, 0.05) is 6.42 Å². The Morgan fingerprint density at radius 3 is 2.25 bits per heavy atom. The van der Waals surface area contributed by atoms with Gasteiger partial charge >= 0.3 is 0 Å². The molecule has 0 aliphatic heterocycles. The van der Waals surface area contributed by atoms with E-state index in [1.165, 1.54) is 44.9 Å². The van der Waals surface area contributed by atoms with Gasteiger partial charge in [0.05, 0.1) is 0 Å². The van der Waals surface area contributed by atoms with Crippen LogP contribution in [0.3, 0.4) is 0 Å². The second-order valence-electron chi connectivity index (χ2n) is 4.23. The standard InChI is InChI=1S/C12H22N2OS/c1-2-3-4-5-6-7-8-9-10-11-13-14-12(16)15-11/h2-10H2,1H3,(H,14,16). The van der Waals surface area contributed by atoms with Gasteiger partial charge in [-0.25, -0.2) is 5.10 Å². The lowest BCUT2D eigenvalue weighted by molar-refractivity contribution is 0.466. The molecule has 1 N–H and O–H groups in total. The molecule has 0 atom stereocenters. The molecule has 0 spiro atoms. The molecule has 0 radical (unpaired) electrons. The molecular formula is C12H22N2OS. The third-order valence-electron chi connectivity index (χ3n) is 2.73. The Labute approximate surface area is 103 Å². The first kappa shape index (κ1) is 13.4. The van der Waals surface area contributed by atoms with Crippen LogP contribution in [-0.2, 0) is 6.42 Å². The first-order chi connectivity index (χ1) is 7.83. The van der Waals surface area contributed by atoms with Gasteiger partial charge in [0.25, 0.3) is 4.84 Å². The van der Waals surface area contributed by atoms with Crippen molar-refractivity contribution in [2.75, 3.05) is 0 Å². The molecule has 3 nitrogen and oxygen atoms in total. The Hall–Kier alpha value is -0.640. The molecule has 0 aliphatic rings. The van der Waals surface area contributed by atoms with Gasteiger partial charge in [-0.1, -0.05) is 51.9 Å². The Morgan fingerprint density at radius 1 is 1.06 bits per heavy atom. The van der Waals surface area contributed by atoms with Crippen molar-refractivity contribution in [3.8, 4) is 0 Å². The predicted molar refractivity (Wildman–Crippen MR) is 68.0 cm³/mol. The van der Waals surface area contributed by atoms with Crippen LogP contribution >= 0.6 is 12.2 Å². The monoisotopic (exact) mass is 242 g/mol. The number of aromatic amines is 1. The van der Waals surface area contributed by atoms with Crippen molar-refractivity contribution in [2.45, 2.75) is 64.7 Å². The van der Waals surface area contributed by atoms with Crippen molar-refractivity contribution >= 4 is 12.2 Å². The summed E-state index contributed by atoms with van der Waals surface area (Å²) in [6.07, 6.45) is 11.5. The van der Waals surface area contributed by atoms with Crippen LogP contribution in [-0.4, -0.2) is 10.2 Å². The zero-order chi connectivity index (χ0) is 11.6. The number of aromatic nitrogens is 2. The van der Waals surface area contributed by atoms with E-state index in [-0.39, 0.29) is 0 Å². The lowest BCUT2D eigenvalue weighted by atomic mass is 10.1. The van der Waals surface area contributed by atoms with Crippen molar-refractivity contribution in [1.82, 2.24) is 10.2 Å². The zero-order valence-electron chi connectivity index (χ0n) is 10.1. The molecular weight excluding hydrogens is 220 g/mol. The van der Waals surface area contributed by atoms with E-state index in [0.29, 0.717) is 4.84 Å². The van der Waals surface area contributed by atoms with Crippen LogP contribution in [0.4, 0.5) is 0 Å². The molecule has 92 valence electrons. The minimum atomic E-state index is 0.384. The summed E-state index contributed by atoms with van der Waals surface area (Å²) in [5.74, 6) is 0.746. The molecule has 0 amide bonds. The normalized spacial score (nSPS) is 10.8. The van der Waals surface area contributed by atoms with Crippen LogP contribution in [0.1, 0.15) is 64.2 Å². The number of nitrogens with one attached hydrogen (secondary N) is 1. The SMILES string of the molecule is CCCCCCCCCCc1n[nH]c(=S)o1. The van der Waals surface area contributed by atoms with E-state index in [4.69, 9.17) is 16.6 Å². The third kappa shape index (κ3) is 6.05. The first-order valence-corrected chi connectivity index (χ1v) is 6.78. The summed E-state index contributed by atoms with van der Waals surface area (Å²) in [7, 11) is 0. The van der Waals surface area contributed by atoms with Crippen LogP contribution in [0.2, 0.25) is 0 Å². The summed E-state index contributed by atoms with van der Waals surface area (Å²) in [4.78, 5) is 0.384. The number of rotatable bonds is 9. The summed E-state index contributed by atoms with van der Waals surface area (Å²) in [5.41, 5.74) is 0. The van der Waals surface area contributed by atoms with E-state index < -0.39 is 0 Å². The van der Waals surface area contributed by atoms with Crippen LogP contribution in [0.15, 0.2) is 4.42 Å². The molecule has 1 aromatic rings. The molecule has 1 heterocycles. The lowest BCUT2D eigenvalue weighted by Gasteiger charge is -1.99. The van der Waals surface area contributed by atoms with Gasteiger partial charge in [0.15, 0.2) is 0 Å². The third-order valence-corrected chi connectivity index (χ3v) is 2.90. The summed E-state index contributed by atoms with van der Waals surface area (Å²) in [5, 5.41) is 6.62. The molecule has 1 aromatic heterocycles. The Bertz CT molecular complexity index is 319. The Balaban J connectivity index is 1.90. The summed E-state index contributed by atoms with van der Waals surface area (Å²) >= 11 is 4.81. The lowest BCUT2D eigenvalue weighted by Crippen LogP contribution is -1.86. The maximum atomic E-state index is 5.19. The van der Waals surface area contributed by atoms with Gasteiger partial charge in [0.1, 0.15) is 0 Å². The molecule has 0 fully saturated rings. The number of unbranched alkanes of at least 4 members (excludes halogenated alkanes) is 7. The number of hydrogen-bond acceptors (Lipinski definition) is 3. The predicted octanol–water partition coefficient (Wildman–Crippen LogP) is 4.42. The van der Waals surface area contributed by atoms with Crippen LogP contribution in [0.25, 0.3) is 0 Å². The molecule has 4 heteroatoms. The van der Waals surface area contributed by atoms with Crippen molar-refractivity contribution in [3.05, 3.63) is 10.7 Å². The topological polar surface area (TPSA) is 41.8 Å². The average molecular weight is 242 g/mol. The summed E-state index contributed by atoms with van der Waals surface area (Å²) in [6, 6.07) is 0. The quantitative estimate of drug-likeness (QED) is 0.515. The number of hydrogen-bond donors (Lipinski definition) is 1. The van der Waals surface area contributed by atoms with Crippen LogP contribution in [0.5, 0.6) is 0 Å². The highest BCUT2D eigenvalue weighted by molar-refractivity contribution is 7.71. The highest BCUT2D eigenvalue weighted by Crippen LogP contribution is 2.10. The van der Waals surface area contributed by atoms with Crippen LogP contribution in [0, 0.1) is 4.84 Å². The van der Waals surface area contributed by atoms with Gasteiger partial charge in [0.2, 0.25) is 5.89 Å². The largest absolute Gasteiger partial charge is 0.414 e. The number of H-pyrrole nitrogens is 1. The van der Waals surface area contributed by atoms with Crippen molar-refractivity contribution in [1.29, 1.82) is 0 Å². The summed E-state index contributed by atoms with van der Waals surface area (Å²) < 4.78 is 5.19. The second kappa shape index (κ2) is 8.50. The van der Waals surface area contributed by atoms with Gasteiger partial charge < -0.3 is 4.42 Å². The van der Waals surface area contributed by atoms with E-state index in [9.17, 15) is 0 Å². The minimum Gasteiger partial charge on any atom is -0.414 e. The van der Waals surface area contributed by atoms with Crippen LogP contribution < -0.4 is 0 Å². The van der Waals surface area contributed by atoms with E-state index in [0.717, 1.165) is 18.7 Å². The maximum Gasteiger partial charge on any atom is 0.284 e. The van der Waals surface area contributed by atoms with E-state index in [2.05, 4.69) is 17.1 Å². The van der Waals surface area contributed by atoms with Gasteiger partial charge in [-0.05, 0) is 18.6 Å². The fraction of sp³-hybridized carbons (Fsp3) is 0.833. The first-order valence-electron chi connectivity index (χ1n) is 6.37. The smallest absolute Gasteiger partial charge is 0.284 e. The average Bonchev–Trinajstić information content (AvgIpc) is 2.68. The number of aryl methyl sites for hydroxylation is 1. The van der Waals surface area contributed by atoms with Gasteiger partial charge in [-0.15, -0.1) is 5.10 Å². The highest BCUT2D eigenvalue weighted by atomic mass is 32.1. The van der Waals surface area contributed by atoms with E-state index in [1.54, 1.807) is 0 Å². The molecule has 0 aliphatic carbocycles. The van der Waals surface area contributed by atoms with E-state index >= 15 is 0 Å². The minimum absolute atomic E-state index is 0.384. The summed E-state index contributed by atoms with van der Waals surface area (Å²) in [6.45, 7) is 2.25. The Kier molecular flexibility index (Phi) is 7.14. The van der Waals surface area contributed by atoms with Crippen molar-refractivity contribution in [2.24, 2.45) is 0 Å². The van der Waals surface area contributed by atoms with E-state index in [1.807, 2.05) is 0 Å². The van der Waals surface area contributed by atoms with Crippen molar-refractivity contribution < 1.29 is 4.42 Å². The molecule has 0 bridgehead atoms. The molecule has 1 rings (SSSR count). The molecule has 0 saturated carbocycles. The van der Waals surface area contributed by atoms with Gasteiger partial charge in [-0.2, -0.15) is 0 Å². The molecule has 16 heavy (non-hydrogen) atoms. The molecule has 0 aromatic carbocycles. The number of nitrogens with zero attached hydrogens (tertiary/aromatic N) is 1. The molecule has 0 saturated heterocycles.